The molecule has 0 spiro atoms. The summed E-state index contributed by atoms with van der Waals surface area (Å²) in [7, 11) is -4.00. The van der Waals surface area contributed by atoms with Gasteiger partial charge in [0.15, 0.2) is 5.76 Å². The van der Waals surface area contributed by atoms with Gasteiger partial charge in [-0.05, 0) is 44.5 Å². The van der Waals surface area contributed by atoms with E-state index in [-0.39, 0.29) is 22.8 Å². The second kappa shape index (κ2) is 7.92. The van der Waals surface area contributed by atoms with Crippen LogP contribution in [0.5, 0.6) is 0 Å². The number of aromatic nitrogens is 1. The molecule has 1 aromatic heterocycles. The topological polar surface area (TPSA) is 127 Å². The number of nitro benzene ring substituents is 1. The molecule has 0 fully saturated rings. The Morgan fingerprint density at radius 2 is 1.79 bits per heavy atom. The molecule has 2 N–H and O–H groups in total. The molecule has 0 unspecified atom stereocenters. The van der Waals surface area contributed by atoms with E-state index in [1.54, 1.807) is 32.0 Å². The highest BCUT2D eigenvalue weighted by molar-refractivity contribution is 7.92. The van der Waals surface area contributed by atoms with Crippen molar-refractivity contribution in [2.75, 3.05) is 10.0 Å². The predicted molar refractivity (Wildman–Crippen MR) is 108 cm³/mol. The Morgan fingerprint density at radius 3 is 2.41 bits per heavy atom. The third kappa shape index (κ3) is 4.72. The van der Waals surface area contributed by atoms with E-state index in [0.29, 0.717) is 17.1 Å². The number of anilines is 2. The molecule has 0 atom stereocenters. The van der Waals surface area contributed by atoms with E-state index < -0.39 is 14.9 Å². The van der Waals surface area contributed by atoms with Gasteiger partial charge in [-0.2, -0.15) is 0 Å². The summed E-state index contributed by atoms with van der Waals surface area (Å²) in [5.74, 6) is 0.505. The number of nitrogens with one attached hydrogen (secondary N) is 2. The Balaban J connectivity index is 1.87. The van der Waals surface area contributed by atoms with Gasteiger partial charge in [-0.15, -0.1) is 0 Å². The number of hydrogen-bond donors (Lipinski definition) is 2. The van der Waals surface area contributed by atoms with E-state index in [2.05, 4.69) is 15.2 Å². The average Bonchev–Trinajstić information content (AvgIpc) is 3.07. The fourth-order valence-corrected chi connectivity index (χ4v) is 3.94. The molecule has 0 saturated carbocycles. The number of aryl methyl sites for hydroxylation is 3. The summed E-state index contributed by atoms with van der Waals surface area (Å²) in [6.07, 6.45) is 0. The smallest absolute Gasteiger partial charge is 0.293 e. The van der Waals surface area contributed by atoms with Gasteiger partial charge in [-0.1, -0.05) is 22.9 Å². The van der Waals surface area contributed by atoms with Crippen LogP contribution < -0.4 is 10.0 Å². The van der Waals surface area contributed by atoms with Gasteiger partial charge >= 0.3 is 0 Å². The first kappa shape index (κ1) is 20.3. The van der Waals surface area contributed by atoms with E-state index in [1.165, 1.54) is 12.1 Å². The maximum atomic E-state index is 12.7. The molecule has 3 rings (SSSR count). The minimum atomic E-state index is -4.00. The van der Waals surface area contributed by atoms with Crippen LogP contribution >= 0.6 is 0 Å². The number of hydrogen-bond acceptors (Lipinski definition) is 7. The Bertz CT molecular complexity index is 1170. The lowest BCUT2D eigenvalue weighted by atomic mass is 10.1. The second-order valence-electron chi connectivity index (χ2n) is 6.65. The van der Waals surface area contributed by atoms with Gasteiger partial charge in [0, 0.05) is 12.1 Å². The van der Waals surface area contributed by atoms with Crippen molar-refractivity contribution in [2.45, 2.75) is 32.2 Å². The summed E-state index contributed by atoms with van der Waals surface area (Å²) in [5, 5.41) is 18.1. The zero-order valence-electron chi connectivity index (χ0n) is 16.1. The van der Waals surface area contributed by atoms with Crippen LogP contribution in [0.2, 0.25) is 0 Å². The summed E-state index contributed by atoms with van der Waals surface area (Å²) >= 11 is 0. The maximum Gasteiger partial charge on any atom is 0.293 e. The van der Waals surface area contributed by atoms with Crippen molar-refractivity contribution in [3.05, 3.63) is 75.2 Å². The van der Waals surface area contributed by atoms with Crippen LogP contribution in [-0.2, 0) is 16.6 Å². The highest BCUT2D eigenvalue weighted by atomic mass is 32.2. The van der Waals surface area contributed by atoms with Crippen molar-refractivity contribution in [1.29, 1.82) is 0 Å². The van der Waals surface area contributed by atoms with Crippen molar-refractivity contribution in [1.82, 2.24) is 5.16 Å². The van der Waals surface area contributed by atoms with Crippen molar-refractivity contribution in [3.8, 4) is 0 Å². The summed E-state index contributed by atoms with van der Waals surface area (Å²) in [5.41, 5.74) is 2.68. The second-order valence-corrected chi connectivity index (χ2v) is 8.33. The van der Waals surface area contributed by atoms with E-state index in [9.17, 15) is 18.5 Å². The first-order chi connectivity index (χ1) is 13.7. The van der Waals surface area contributed by atoms with E-state index >= 15 is 0 Å². The SMILES string of the molecule is Cc1ccc(NS(=O)(=O)c2ccc(NCc3cc(C)no3)c([N+](=O)[O-])c2)c(C)c1. The molecule has 0 radical (unpaired) electrons. The van der Waals surface area contributed by atoms with Crippen LogP contribution in [-0.4, -0.2) is 18.5 Å². The number of nitrogens with zero attached hydrogens (tertiary/aromatic N) is 2. The molecule has 0 amide bonds. The fourth-order valence-electron chi connectivity index (χ4n) is 2.79. The van der Waals surface area contributed by atoms with Gasteiger partial charge in [0.05, 0.1) is 27.7 Å². The van der Waals surface area contributed by atoms with Gasteiger partial charge in [0.2, 0.25) is 0 Å². The monoisotopic (exact) mass is 416 g/mol. The van der Waals surface area contributed by atoms with Crippen molar-refractivity contribution in [2.24, 2.45) is 0 Å². The lowest BCUT2D eigenvalue weighted by Crippen LogP contribution is -2.14. The molecule has 152 valence electrons. The van der Waals surface area contributed by atoms with E-state index in [4.69, 9.17) is 4.52 Å². The molecule has 0 saturated heterocycles. The largest absolute Gasteiger partial charge is 0.372 e. The highest BCUT2D eigenvalue weighted by Crippen LogP contribution is 2.29. The van der Waals surface area contributed by atoms with Crippen LogP contribution in [0.4, 0.5) is 17.1 Å². The molecule has 9 nitrogen and oxygen atoms in total. The predicted octanol–water partition coefficient (Wildman–Crippen LogP) is 3.92. The van der Waals surface area contributed by atoms with Gasteiger partial charge in [-0.25, -0.2) is 8.42 Å². The molecule has 2 aromatic carbocycles. The number of sulfonamides is 1. The summed E-state index contributed by atoms with van der Waals surface area (Å²) < 4.78 is 33.0. The third-order valence-electron chi connectivity index (χ3n) is 4.23. The molecule has 1 heterocycles. The summed E-state index contributed by atoms with van der Waals surface area (Å²) in [6, 6.07) is 10.7. The Kier molecular flexibility index (Phi) is 5.55. The standard InChI is InChI=1S/C19H20N4O5S/c1-12-4-6-17(13(2)8-12)22-29(26,27)16-5-7-18(19(10-16)23(24)25)20-11-15-9-14(3)21-28-15/h4-10,20,22H,11H2,1-3H3. The van der Waals surface area contributed by atoms with Crippen molar-refractivity contribution < 1.29 is 17.9 Å². The lowest BCUT2D eigenvalue weighted by Gasteiger charge is -2.12. The van der Waals surface area contributed by atoms with Crippen LogP contribution in [0.3, 0.4) is 0 Å². The van der Waals surface area contributed by atoms with Crippen molar-refractivity contribution >= 4 is 27.1 Å². The normalized spacial score (nSPS) is 11.3. The van der Waals surface area contributed by atoms with Gasteiger partial charge in [0.1, 0.15) is 5.69 Å². The minimum absolute atomic E-state index is 0.175. The van der Waals surface area contributed by atoms with Crippen molar-refractivity contribution in [3.63, 3.8) is 0 Å². The molecule has 0 aliphatic carbocycles. The van der Waals surface area contributed by atoms with Gasteiger partial charge in [0.25, 0.3) is 15.7 Å². The molecule has 0 bridgehead atoms. The van der Waals surface area contributed by atoms with Crippen LogP contribution in [0.1, 0.15) is 22.6 Å². The lowest BCUT2D eigenvalue weighted by molar-refractivity contribution is -0.384. The van der Waals surface area contributed by atoms with E-state index in [0.717, 1.165) is 17.2 Å². The van der Waals surface area contributed by atoms with Gasteiger partial charge < -0.3 is 9.84 Å². The zero-order chi connectivity index (χ0) is 21.2. The molecule has 10 heteroatoms. The van der Waals surface area contributed by atoms with E-state index in [1.807, 2.05) is 13.0 Å². The summed E-state index contributed by atoms with van der Waals surface area (Å²) in [4.78, 5) is 10.6. The number of benzene rings is 2. The number of rotatable bonds is 7. The Labute approximate surface area is 167 Å². The Morgan fingerprint density at radius 1 is 1.07 bits per heavy atom. The zero-order valence-corrected chi connectivity index (χ0v) is 16.9. The molecule has 0 aliphatic heterocycles. The van der Waals surface area contributed by atoms with Crippen LogP contribution in [0, 0.1) is 30.9 Å². The number of nitro groups is 1. The third-order valence-corrected chi connectivity index (χ3v) is 5.60. The van der Waals surface area contributed by atoms with Crippen LogP contribution in [0.25, 0.3) is 0 Å². The molecule has 0 aliphatic rings. The quantitative estimate of drug-likeness (QED) is 0.441. The molecular formula is C19H20N4O5S. The summed E-state index contributed by atoms with van der Waals surface area (Å²) in [6.45, 7) is 5.62. The molecule has 3 aromatic rings. The fraction of sp³-hybridized carbons (Fsp3) is 0.211. The first-order valence-corrected chi connectivity index (χ1v) is 10.2. The molecule has 29 heavy (non-hydrogen) atoms. The Hall–Kier alpha value is -3.40. The first-order valence-electron chi connectivity index (χ1n) is 8.70. The maximum absolute atomic E-state index is 12.7. The van der Waals surface area contributed by atoms with Gasteiger partial charge in [-0.3, -0.25) is 14.8 Å². The highest BCUT2D eigenvalue weighted by Gasteiger charge is 2.22. The van der Waals surface area contributed by atoms with Crippen LogP contribution in [0.15, 0.2) is 51.9 Å². The molecular weight excluding hydrogens is 396 g/mol. The average molecular weight is 416 g/mol. The minimum Gasteiger partial charge on any atom is -0.372 e.